The van der Waals surface area contributed by atoms with E-state index < -0.39 is 0 Å². The lowest BCUT2D eigenvalue weighted by atomic mass is 10.0. The van der Waals surface area contributed by atoms with Crippen molar-refractivity contribution in [2.45, 2.75) is 27.2 Å². The van der Waals surface area contributed by atoms with E-state index in [1.165, 1.54) is 0 Å². The molecule has 3 aromatic rings. The Morgan fingerprint density at radius 3 is 2.48 bits per heavy atom. The number of aryl methyl sites for hydroxylation is 3. The second-order valence-electron chi connectivity index (χ2n) is 5.18. The van der Waals surface area contributed by atoms with Gasteiger partial charge in [-0.1, -0.05) is 19.1 Å². The fourth-order valence-corrected chi connectivity index (χ4v) is 2.67. The maximum atomic E-state index is 5.23. The first-order valence-electron chi connectivity index (χ1n) is 7.14. The van der Waals surface area contributed by atoms with Crippen LogP contribution in [0.2, 0.25) is 0 Å². The van der Waals surface area contributed by atoms with Gasteiger partial charge < -0.3 is 4.74 Å². The van der Waals surface area contributed by atoms with Gasteiger partial charge in [-0.25, -0.2) is 9.50 Å². The van der Waals surface area contributed by atoms with Crippen LogP contribution in [0.25, 0.3) is 16.8 Å². The normalized spacial score (nSPS) is 11.0. The van der Waals surface area contributed by atoms with Gasteiger partial charge in [0.25, 0.3) is 0 Å². The molecule has 0 amide bonds. The molecule has 4 heteroatoms. The second kappa shape index (κ2) is 5.20. The fourth-order valence-electron chi connectivity index (χ4n) is 2.67. The van der Waals surface area contributed by atoms with Crippen LogP contribution in [0.15, 0.2) is 30.3 Å². The second-order valence-corrected chi connectivity index (χ2v) is 5.18. The molecule has 2 aromatic heterocycles. The van der Waals surface area contributed by atoms with Crippen molar-refractivity contribution in [2.75, 3.05) is 7.11 Å². The lowest BCUT2D eigenvalue weighted by Crippen LogP contribution is -1.97. The van der Waals surface area contributed by atoms with E-state index in [9.17, 15) is 0 Å². The molecule has 21 heavy (non-hydrogen) atoms. The average Bonchev–Trinajstić information content (AvgIpc) is 2.86. The van der Waals surface area contributed by atoms with Crippen LogP contribution in [-0.4, -0.2) is 21.7 Å². The molecule has 0 bridgehead atoms. The summed E-state index contributed by atoms with van der Waals surface area (Å²) in [5, 5.41) is 4.71. The summed E-state index contributed by atoms with van der Waals surface area (Å²) in [6, 6.07) is 10.1. The summed E-state index contributed by atoms with van der Waals surface area (Å²) in [4.78, 5) is 4.69. The predicted molar refractivity (Wildman–Crippen MR) is 83.8 cm³/mol. The predicted octanol–water partition coefficient (Wildman–Crippen LogP) is 3.58. The van der Waals surface area contributed by atoms with E-state index in [1.54, 1.807) is 7.11 Å². The topological polar surface area (TPSA) is 39.4 Å². The highest BCUT2D eigenvalue weighted by atomic mass is 16.5. The Kier molecular flexibility index (Phi) is 3.37. The number of fused-ring (bicyclic) bond motifs is 1. The Bertz CT molecular complexity index is 788. The number of nitrogens with zero attached hydrogens (tertiary/aromatic N) is 3. The van der Waals surface area contributed by atoms with Gasteiger partial charge in [-0.05, 0) is 44.0 Å². The highest BCUT2D eigenvalue weighted by Crippen LogP contribution is 2.30. The van der Waals surface area contributed by atoms with Crippen molar-refractivity contribution in [1.29, 1.82) is 0 Å². The fraction of sp³-hybridized carbons (Fsp3) is 0.294. The van der Waals surface area contributed by atoms with Crippen LogP contribution in [0.3, 0.4) is 0 Å². The molecule has 0 fully saturated rings. The lowest BCUT2D eigenvalue weighted by Gasteiger charge is -2.05. The number of benzene rings is 1. The standard InChI is InChI=1S/C17H19N3O/c1-5-15-16(13-6-8-14(21-4)9-7-13)17-18-11(2)10-12(3)20(17)19-15/h6-10H,5H2,1-4H3. The maximum Gasteiger partial charge on any atom is 0.163 e. The highest BCUT2D eigenvalue weighted by molar-refractivity contribution is 5.80. The number of methoxy groups -OCH3 is 1. The number of ether oxygens (including phenoxy) is 1. The highest BCUT2D eigenvalue weighted by Gasteiger charge is 2.16. The number of rotatable bonds is 3. The van der Waals surface area contributed by atoms with Crippen LogP contribution < -0.4 is 4.74 Å². The molecule has 3 rings (SSSR count). The Morgan fingerprint density at radius 2 is 1.86 bits per heavy atom. The first-order chi connectivity index (χ1) is 10.1. The quantitative estimate of drug-likeness (QED) is 0.736. The summed E-state index contributed by atoms with van der Waals surface area (Å²) in [5.41, 5.74) is 6.35. The Hall–Kier alpha value is -2.36. The average molecular weight is 281 g/mol. The van der Waals surface area contributed by atoms with E-state index in [0.29, 0.717) is 0 Å². The van der Waals surface area contributed by atoms with Crippen molar-refractivity contribution in [3.05, 3.63) is 47.4 Å². The van der Waals surface area contributed by atoms with E-state index in [1.807, 2.05) is 23.6 Å². The van der Waals surface area contributed by atoms with E-state index in [4.69, 9.17) is 14.8 Å². The first-order valence-corrected chi connectivity index (χ1v) is 7.14. The third kappa shape index (κ3) is 2.27. The number of aromatic nitrogens is 3. The molecule has 0 saturated heterocycles. The molecule has 1 aromatic carbocycles. The number of hydrogen-bond donors (Lipinski definition) is 0. The number of hydrogen-bond acceptors (Lipinski definition) is 3. The molecule has 0 aliphatic heterocycles. The zero-order valence-electron chi connectivity index (χ0n) is 12.8. The molecule has 0 saturated carbocycles. The van der Waals surface area contributed by atoms with Crippen molar-refractivity contribution in [3.63, 3.8) is 0 Å². The SMILES string of the molecule is CCc1nn2c(C)cc(C)nc2c1-c1ccc(OC)cc1. The Morgan fingerprint density at radius 1 is 1.14 bits per heavy atom. The summed E-state index contributed by atoms with van der Waals surface area (Å²) >= 11 is 0. The lowest BCUT2D eigenvalue weighted by molar-refractivity contribution is 0.415. The molecule has 0 atom stereocenters. The summed E-state index contributed by atoms with van der Waals surface area (Å²) in [5.74, 6) is 0.855. The van der Waals surface area contributed by atoms with E-state index >= 15 is 0 Å². The minimum Gasteiger partial charge on any atom is -0.497 e. The van der Waals surface area contributed by atoms with Gasteiger partial charge in [0.2, 0.25) is 0 Å². The van der Waals surface area contributed by atoms with Crippen LogP contribution in [0.4, 0.5) is 0 Å². The smallest absolute Gasteiger partial charge is 0.163 e. The van der Waals surface area contributed by atoms with Gasteiger partial charge in [-0.15, -0.1) is 0 Å². The van der Waals surface area contributed by atoms with Gasteiger partial charge in [0, 0.05) is 17.0 Å². The molecule has 0 N–H and O–H groups in total. The third-order valence-corrected chi connectivity index (χ3v) is 3.68. The molecular formula is C17H19N3O. The zero-order chi connectivity index (χ0) is 15.0. The Balaban J connectivity index is 2.28. The van der Waals surface area contributed by atoms with Crippen LogP contribution in [0, 0.1) is 13.8 Å². The summed E-state index contributed by atoms with van der Waals surface area (Å²) < 4.78 is 7.17. The monoisotopic (exact) mass is 281 g/mol. The van der Waals surface area contributed by atoms with Crippen molar-refractivity contribution in [2.24, 2.45) is 0 Å². The van der Waals surface area contributed by atoms with Crippen LogP contribution in [0.1, 0.15) is 24.0 Å². The molecule has 0 radical (unpaired) electrons. The van der Waals surface area contributed by atoms with Gasteiger partial charge in [-0.2, -0.15) is 5.10 Å². The van der Waals surface area contributed by atoms with E-state index in [0.717, 1.165) is 46.0 Å². The van der Waals surface area contributed by atoms with E-state index in [-0.39, 0.29) is 0 Å². The van der Waals surface area contributed by atoms with Gasteiger partial charge in [0.05, 0.1) is 12.8 Å². The van der Waals surface area contributed by atoms with Crippen molar-refractivity contribution in [1.82, 2.24) is 14.6 Å². The molecule has 4 nitrogen and oxygen atoms in total. The van der Waals surface area contributed by atoms with Crippen LogP contribution >= 0.6 is 0 Å². The van der Waals surface area contributed by atoms with Crippen LogP contribution in [-0.2, 0) is 6.42 Å². The summed E-state index contributed by atoms with van der Waals surface area (Å²) in [6.07, 6.45) is 0.878. The van der Waals surface area contributed by atoms with E-state index in [2.05, 4.69) is 32.0 Å². The van der Waals surface area contributed by atoms with Crippen molar-refractivity contribution >= 4 is 5.65 Å². The Labute approximate surface area is 124 Å². The molecular weight excluding hydrogens is 262 g/mol. The largest absolute Gasteiger partial charge is 0.497 e. The molecule has 0 aliphatic rings. The van der Waals surface area contributed by atoms with Crippen molar-refractivity contribution < 1.29 is 4.74 Å². The van der Waals surface area contributed by atoms with Gasteiger partial charge >= 0.3 is 0 Å². The van der Waals surface area contributed by atoms with Crippen LogP contribution in [0.5, 0.6) is 5.75 Å². The third-order valence-electron chi connectivity index (χ3n) is 3.68. The minimum atomic E-state index is 0.855. The molecule has 0 unspecified atom stereocenters. The zero-order valence-corrected chi connectivity index (χ0v) is 12.8. The van der Waals surface area contributed by atoms with Gasteiger partial charge in [-0.3, -0.25) is 0 Å². The molecule has 108 valence electrons. The molecule has 0 aliphatic carbocycles. The summed E-state index contributed by atoms with van der Waals surface area (Å²) in [6.45, 7) is 6.20. The molecule has 0 spiro atoms. The minimum absolute atomic E-state index is 0.855. The molecule has 2 heterocycles. The van der Waals surface area contributed by atoms with Crippen molar-refractivity contribution in [3.8, 4) is 16.9 Å². The first kappa shape index (κ1) is 13.6. The van der Waals surface area contributed by atoms with Gasteiger partial charge in [0.15, 0.2) is 5.65 Å². The van der Waals surface area contributed by atoms with Gasteiger partial charge in [0.1, 0.15) is 5.75 Å². The maximum absolute atomic E-state index is 5.23. The summed E-state index contributed by atoms with van der Waals surface area (Å²) in [7, 11) is 1.68.